The topological polar surface area (TPSA) is 20.3 Å². The summed E-state index contributed by atoms with van der Waals surface area (Å²) in [5.41, 5.74) is 0. The van der Waals surface area contributed by atoms with Gasteiger partial charge >= 0.3 is 0 Å². The normalized spacial score (nSPS) is 31.4. The first-order valence-corrected chi connectivity index (χ1v) is 4.61. The standard InChI is InChI=1S/C10H17NO/c1-3-10-6-4-5-9(2)11(10)7-8-12/h3,8-10H,1,4-7H2,2H3/t9-,10+/m1/s1. The number of aldehydes is 1. The number of carbonyl (C=O) groups excluding carboxylic acids is 1. The number of carbonyl (C=O) groups is 1. The Morgan fingerprint density at radius 1 is 1.58 bits per heavy atom. The van der Waals surface area contributed by atoms with Gasteiger partial charge in [0.1, 0.15) is 6.29 Å². The molecule has 0 aliphatic carbocycles. The van der Waals surface area contributed by atoms with Crippen molar-refractivity contribution in [2.24, 2.45) is 0 Å². The van der Waals surface area contributed by atoms with Crippen LogP contribution in [0.15, 0.2) is 12.7 Å². The Hall–Kier alpha value is -0.630. The van der Waals surface area contributed by atoms with Gasteiger partial charge in [-0.2, -0.15) is 0 Å². The molecular formula is C10H17NO. The molecule has 0 N–H and O–H groups in total. The summed E-state index contributed by atoms with van der Waals surface area (Å²) in [6.07, 6.45) is 6.56. The average Bonchev–Trinajstić information content (AvgIpc) is 2.09. The summed E-state index contributed by atoms with van der Waals surface area (Å²) in [7, 11) is 0. The first kappa shape index (κ1) is 9.46. The van der Waals surface area contributed by atoms with Crippen LogP contribution in [-0.4, -0.2) is 29.8 Å². The lowest BCUT2D eigenvalue weighted by Crippen LogP contribution is -2.45. The molecule has 1 fully saturated rings. The van der Waals surface area contributed by atoms with Crippen LogP contribution in [0.2, 0.25) is 0 Å². The van der Waals surface area contributed by atoms with Crippen molar-refractivity contribution in [2.45, 2.75) is 38.3 Å². The molecule has 2 heteroatoms. The van der Waals surface area contributed by atoms with E-state index in [2.05, 4.69) is 18.4 Å². The lowest BCUT2D eigenvalue weighted by molar-refractivity contribution is -0.110. The van der Waals surface area contributed by atoms with Crippen LogP contribution in [-0.2, 0) is 4.79 Å². The molecule has 1 heterocycles. The van der Waals surface area contributed by atoms with Crippen molar-refractivity contribution in [3.05, 3.63) is 12.7 Å². The number of nitrogens with zero attached hydrogens (tertiary/aromatic N) is 1. The van der Waals surface area contributed by atoms with E-state index in [1.165, 1.54) is 12.8 Å². The maximum absolute atomic E-state index is 10.4. The number of hydrogen-bond acceptors (Lipinski definition) is 2. The van der Waals surface area contributed by atoms with Crippen molar-refractivity contribution < 1.29 is 4.79 Å². The van der Waals surface area contributed by atoms with Gasteiger partial charge in [-0.25, -0.2) is 0 Å². The zero-order valence-electron chi connectivity index (χ0n) is 7.70. The van der Waals surface area contributed by atoms with Gasteiger partial charge in [0, 0.05) is 12.1 Å². The van der Waals surface area contributed by atoms with Gasteiger partial charge in [-0.15, -0.1) is 6.58 Å². The maximum atomic E-state index is 10.4. The van der Waals surface area contributed by atoms with Crippen molar-refractivity contribution in [1.82, 2.24) is 4.90 Å². The molecule has 2 nitrogen and oxygen atoms in total. The van der Waals surface area contributed by atoms with Crippen molar-refractivity contribution in [2.75, 3.05) is 6.54 Å². The van der Waals surface area contributed by atoms with Gasteiger partial charge in [0.05, 0.1) is 6.54 Å². The second kappa shape index (κ2) is 4.41. The van der Waals surface area contributed by atoms with Gasteiger partial charge in [0.2, 0.25) is 0 Å². The molecule has 0 spiro atoms. The molecule has 0 aromatic rings. The number of rotatable bonds is 3. The number of hydrogen-bond donors (Lipinski definition) is 0. The summed E-state index contributed by atoms with van der Waals surface area (Å²) in [6.45, 7) is 6.53. The van der Waals surface area contributed by atoms with E-state index in [9.17, 15) is 4.79 Å². The van der Waals surface area contributed by atoms with Gasteiger partial charge in [-0.05, 0) is 19.8 Å². The number of likely N-dealkylation sites (tertiary alicyclic amines) is 1. The molecule has 0 aromatic heterocycles. The second-order valence-electron chi connectivity index (χ2n) is 3.45. The van der Waals surface area contributed by atoms with Crippen molar-refractivity contribution in [3.63, 3.8) is 0 Å². The average molecular weight is 167 g/mol. The highest BCUT2D eigenvalue weighted by molar-refractivity contribution is 5.52. The van der Waals surface area contributed by atoms with Gasteiger partial charge in [-0.3, -0.25) is 4.90 Å². The van der Waals surface area contributed by atoms with Crippen LogP contribution in [0.1, 0.15) is 26.2 Å². The van der Waals surface area contributed by atoms with Gasteiger partial charge < -0.3 is 4.79 Å². The molecule has 0 amide bonds. The fourth-order valence-electron chi connectivity index (χ4n) is 1.94. The predicted octanol–water partition coefficient (Wildman–Crippen LogP) is 1.61. The Morgan fingerprint density at radius 2 is 2.33 bits per heavy atom. The quantitative estimate of drug-likeness (QED) is 0.470. The van der Waals surface area contributed by atoms with Crippen LogP contribution in [0.4, 0.5) is 0 Å². The molecule has 12 heavy (non-hydrogen) atoms. The first-order chi connectivity index (χ1) is 5.79. The van der Waals surface area contributed by atoms with E-state index < -0.39 is 0 Å². The first-order valence-electron chi connectivity index (χ1n) is 4.61. The zero-order chi connectivity index (χ0) is 8.97. The molecule has 0 aromatic carbocycles. The van der Waals surface area contributed by atoms with E-state index in [4.69, 9.17) is 0 Å². The smallest absolute Gasteiger partial charge is 0.134 e. The van der Waals surface area contributed by atoms with E-state index in [-0.39, 0.29) is 0 Å². The van der Waals surface area contributed by atoms with Gasteiger partial charge in [-0.1, -0.05) is 12.5 Å². The van der Waals surface area contributed by atoms with Crippen molar-refractivity contribution in [1.29, 1.82) is 0 Å². The molecule has 68 valence electrons. The summed E-state index contributed by atoms with van der Waals surface area (Å²) in [6, 6.07) is 0.950. The highest BCUT2D eigenvalue weighted by atomic mass is 16.1. The molecule has 0 unspecified atom stereocenters. The van der Waals surface area contributed by atoms with E-state index >= 15 is 0 Å². The van der Waals surface area contributed by atoms with E-state index in [0.717, 1.165) is 12.7 Å². The Balaban J connectivity index is 2.58. The molecule has 0 saturated carbocycles. The summed E-state index contributed by atoms with van der Waals surface area (Å²) in [5, 5.41) is 0. The minimum atomic E-state index is 0.416. The van der Waals surface area contributed by atoms with E-state index in [1.807, 2.05) is 6.08 Å². The SMILES string of the molecule is C=C[C@H]1CCC[C@@H](C)N1CC=O. The Morgan fingerprint density at radius 3 is 2.92 bits per heavy atom. The third-order valence-corrected chi connectivity index (χ3v) is 2.67. The molecule has 1 rings (SSSR count). The van der Waals surface area contributed by atoms with E-state index in [0.29, 0.717) is 18.6 Å². The molecular weight excluding hydrogens is 150 g/mol. The van der Waals surface area contributed by atoms with Crippen LogP contribution in [0.3, 0.4) is 0 Å². The Kier molecular flexibility index (Phi) is 3.48. The third-order valence-electron chi connectivity index (χ3n) is 2.67. The fraction of sp³-hybridized carbons (Fsp3) is 0.700. The molecule has 0 radical (unpaired) electrons. The van der Waals surface area contributed by atoms with Crippen LogP contribution in [0, 0.1) is 0 Å². The van der Waals surface area contributed by atoms with Crippen LogP contribution in [0.5, 0.6) is 0 Å². The van der Waals surface area contributed by atoms with Crippen molar-refractivity contribution >= 4 is 6.29 Å². The highest BCUT2D eigenvalue weighted by Crippen LogP contribution is 2.22. The molecule has 0 bridgehead atoms. The van der Waals surface area contributed by atoms with Crippen LogP contribution < -0.4 is 0 Å². The summed E-state index contributed by atoms with van der Waals surface area (Å²) in [5.74, 6) is 0. The predicted molar refractivity (Wildman–Crippen MR) is 50.1 cm³/mol. The second-order valence-corrected chi connectivity index (χ2v) is 3.45. The van der Waals surface area contributed by atoms with Crippen LogP contribution in [0.25, 0.3) is 0 Å². The zero-order valence-corrected chi connectivity index (χ0v) is 7.70. The summed E-state index contributed by atoms with van der Waals surface area (Å²) in [4.78, 5) is 12.6. The van der Waals surface area contributed by atoms with E-state index in [1.54, 1.807) is 0 Å². The minimum Gasteiger partial charge on any atom is -0.302 e. The largest absolute Gasteiger partial charge is 0.302 e. The monoisotopic (exact) mass is 167 g/mol. The maximum Gasteiger partial charge on any atom is 0.134 e. The third kappa shape index (κ3) is 1.95. The van der Waals surface area contributed by atoms with Crippen LogP contribution >= 0.6 is 0 Å². The van der Waals surface area contributed by atoms with Gasteiger partial charge in [0.15, 0.2) is 0 Å². The molecule has 1 aliphatic heterocycles. The minimum absolute atomic E-state index is 0.416. The summed E-state index contributed by atoms with van der Waals surface area (Å²) >= 11 is 0. The van der Waals surface area contributed by atoms with Crippen molar-refractivity contribution in [3.8, 4) is 0 Å². The molecule has 1 saturated heterocycles. The van der Waals surface area contributed by atoms with Gasteiger partial charge in [0.25, 0.3) is 0 Å². The number of piperidine rings is 1. The Bertz CT molecular complexity index is 167. The summed E-state index contributed by atoms with van der Waals surface area (Å²) < 4.78 is 0. The molecule has 1 aliphatic rings. The highest BCUT2D eigenvalue weighted by Gasteiger charge is 2.24. The Labute approximate surface area is 74.2 Å². The molecule has 2 atom stereocenters. The lowest BCUT2D eigenvalue weighted by Gasteiger charge is -2.37. The lowest BCUT2D eigenvalue weighted by atomic mass is 9.97. The fourth-order valence-corrected chi connectivity index (χ4v) is 1.94.